The molecule has 0 fully saturated rings. The number of primary amides is 1. The van der Waals surface area contributed by atoms with Crippen LogP contribution < -0.4 is 15.8 Å². The molecule has 0 saturated carbocycles. The highest BCUT2D eigenvalue weighted by Crippen LogP contribution is 2.37. The summed E-state index contributed by atoms with van der Waals surface area (Å²) in [6.07, 6.45) is 9.29. The fraction of sp³-hybridized carbons (Fsp3) is 0.364. The zero-order chi connectivity index (χ0) is 19.9. The SMILES string of the molecule is CCCCOc1ccc(C=CC(=O)Nc2sc3c(c2C(N)=O)CCCC3)cc1. The fourth-order valence-electron chi connectivity index (χ4n) is 3.25. The zero-order valence-electron chi connectivity index (χ0n) is 16.1. The summed E-state index contributed by atoms with van der Waals surface area (Å²) in [6.45, 7) is 2.83. The van der Waals surface area contributed by atoms with E-state index in [1.54, 1.807) is 6.08 Å². The van der Waals surface area contributed by atoms with Crippen LogP contribution in [0, 0.1) is 0 Å². The first kappa shape index (κ1) is 20.1. The summed E-state index contributed by atoms with van der Waals surface area (Å²) >= 11 is 1.47. The van der Waals surface area contributed by atoms with Crippen LogP contribution in [0.5, 0.6) is 5.75 Å². The molecule has 3 N–H and O–H groups in total. The van der Waals surface area contributed by atoms with Crippen LogP contribution in [0.15, 0.2) is 30.3 Å². The van der Waals surface area contributed by atoms with Crippen LogP contribution in [0.4, 0.5) is 5.00 Å². The summed E-state index contributed by atoms with van der Waals surface area (Å²) in [5.41, 5.74) is 7.97. The van der Waals surface area contributed by atoms with Crippen molar-refractivity contribution in [2.24, 2.45) is 5.73 Å². The number of nitrogens with two attached hydrogens (primary N) is 1. The number of unbranched alkanes of at least 4 members (excludes halogenated alkanes) is 1. The summed E-state index contributed by atoms with van der Waals surface area (Å²) < 4.78 is 5.64. The number of nitrogens with one attached hydrogen (secondary N) is 1. The lowest BCUT2D eigenvalue weighted by Gasteiger charge is -2.11. The number of hydrogen-bond acceptors (Lipinski definition) is 4. The molecule has 1 aromatic carbocycles. The lowest BCUT2D eigenvalue weighted by atomic mass is 9.95. The van der Waals surface area contributed by atoms with Crippen LogP contribution in [0.3, 0.4) is 0 Å². The van der Waals surface area contributed by atoms with Crippen molar-refractivity contribution in [1.82, 2.24) is 0 Å². The lowest BCUT2D eigenvalue weighted by Crippen LogP contribution is -2.17. The topological polar surface area (TPSA) is 81.4 Å². The average molecular weight is 399 g/mol. The second-order valence-electron chi connectivity index (χ2n) is 6.87. The minimum Gasteiger partial charge on any atom is -0.494 e. The molecule has 148 valence electrons. The van der Waals surface area contributed by atoms with E-state index in [0.29, 0.717) is 17.2 Å². The second kappa shape index (κ2) is 9.55. The zero-order valence-corrected chi connectivity index (χ0v) is 16.9. The van der Waals surface area contributed by atoms with Crippen molar-refractivity contribution >= 4 is 34.2 Å². The van der Waals surface area contributed by atoms with Crippen LogP contribution in [-0.4, -0.2) is 18.4 Å². The Kier molecular flexibility index (Phi) is 6.87. The molecule has 0 atom stereocenters. The highest BCUT2D eigenvalue weighted by atomic mass is 32.1. The van der Waals surface area contributed by atoms with Crippen LogP contribution >= 0.6 is 11.3 Å². The largest absolute Gasteiger partial charge is 0.494 e. The van der Waals surface area contributed by atoms with E-state index >= 15 is 0 Å². The molecular formula is C22H26N2O3S. The first-order valence-corrected chi connectivity index (χ1v) is 10.6. The van der Waals surface area contributed by atoms with E-state index in [1.807, 2.05) is 24.3 Å². The van der Waals surface area contributed by atoms with Gasteiger partial charge in [-0.1, -0.05) is 25.5 Å². The Hall–Kier alpha value is -2.60. The molecule has 2 aromatic rings. The maximum absolute atomic E-state index is 12.3. The Morgan fingerprint density at radius 1 is 1.21 bits per heavy atom. The number of ether oxygens (including phenoxy) is 1. The number of carbonyl (C=O) groups excluding carboxylic acids is 2. The molecule has 2 amide bonds. The van der Waals surface area contributed by atoms with Gasteiger partial charge in [0.2, 0.25) is 5.91 Å². The van der Waals surface area contributed by atoms with Gasteiger partial charge in [0.05, 0.1) is 12.2 Å². The number of hydrogen-bond donors (Lipinski definition) is 2. The summed E-state index contributed by atoms with van der Waals surface area (Å²) in [5.74, 6) is 0.0760. The van der Waals surface area contributed by atoms with Gasteiger partial charge < -0.3 is 15.8 Å². The standard InChI is InChI=1S/C22H26N2O3S/c1-2-3-14-27-16-11-8-15(9-12-16)10-13-19(25)24-22-20(21(23)26)17-6-4-5-7-18(17)28-22/h8-13H,2-7,14H2,1H3,(H2,23,26)(H,24,25). The van der Waals surface area contributed by atoms with E-state index in [1.165, 1.54) is 17.4 Å². The third kappa shape index (κ3) is 5.01. The molecule has 1 aliphatic rings. The van der Waals surface area contributed by atoms with E-state index in [2.05, 4.69) is 12.2 Å². The van der Waals surface area contributed by atoms with E-state index in [9.17, 15) is 9.59 Å². The van der Waals surface area contributed by atoms with Gasteiger partial charge in [0.25, 0.3) is 5.91 Å². The summed E-state index contributed by atoms with van der Waals surface area (Å²) in [4.78, 5) is 25.4. The highest BCUT2D eigenvalue weighted by molar-refractivity contribution is 7.17. The number of aryl methyl sites for hydroxylation is 1. The average Bonchev–Trinajstić information content (AvgIpc) is 3.05. The fourth-order valence-corrected chi connectivity index (χ4v) is 4.55. The number of amides is 2. The van der Waals surface area contributed by atoms with Crippen molar-refractivity contribution in [3.8, 4) is 5.75 Å². The Balaban J connectivity index is 1.64. The molecule has 0 aliphatic heterocycles. The van der Waals surface area contributed by atoms with Crippen LogP contribution in [0.1, 0.15) is 59.0 Å². The molecule has 1 aromatic heterocycles. The number of rotatable bonds is 8. The molecular weight excluding hydrogens is 372 g/mol. The molecule has 1 aliphatic carbocycles. The van der Waals surface area contributed by atoms with Gasteiger partial charge >= 0.3 is 0 Å². The maximum atomic E-state index is 12.3. The predicted octanol–water partition coefficient (Wildman–Crippen LogP) is 4.56. The van der Waals surface area contributed by atoms with Crippen molar-refractivity contribution in [2.75, 3.05) is 11.9 Å². The molecule has 0 saturated heterocycles. The Morgan fingerprint density at radius 3 is 2.68 bits per heavy atom. The molecule has 6 heteroatoms. The van der Waals surface area contributed by atoms with Crippen LogP contribution in [0.2, 0.25) is 0 Å². The van der Waals surface area contributed by atoms with E-state index < -0.39 is 5.91 Å². The van der Waals surface area contributed by atoms with Crippen molar-refractivity contribution in [3.63, 3.8) is 0 Å². The van der Waals surface area contributed by atoms with Gasteiger partial charge in [-0.05, 0) is 61.4 Å². The van der Waals surface area contributed by atoms with Gasteiger partial charge in [-0.15, -0.1) is 11.3 Å². The second-order valence-corrected chi connectivity index (χ2v) is 7.98. The summed E-state index contributed by atoms with van der Waals surface area (Å²) in [6, 6.07) is 7.60. The minimum atomic E-state index is -0.475. The lowest BCUT2D eigenvalue weighted by molar-refractivity contribution is -0.111. The Labute approximate surface area is 169 Å². The van der Waals surface area contributed by atoms with Gasteiger partial charge in [-0.25, -0.2) is 0 Å². The molecule has 1 heterocycles. The number of thiophene rings is 1. The quantitative estimate of drug-likeness (QED) is 0.505. The Morgan fingerprint density at radius 2 is 1.96 bits per heavy atom. The molecule has 28 heavy (non-hydrogen) atoms. The van der Waals surface area contributed by atoms with Crippen LogP contribution in [0.25, 0.3) is 6.08 Å². The third-order valence-electron chi connectivity index (χ3n) is 4.73. The first-order valence-electron chi connectivity index (χ1n) is 9.74. The van der Waals surface area contributed by atoms with Gasteiger partial charge in [-0.2, -0.15) is 0 Å². The van der Waals surface area contributed by atoms with Crippen molar-refractivity contribution in [3.05, 3.63) is 51.9 Å². The van der Waals surface area contributed by atoms with Crippen molar-refractivity contribution in [1.29, 1.82) is 0 Å². The molecule has 0 spiro atoms. The van der Waals surface area contributed by atoms with Crippen molar-refractivity contribution in [2.45, 2.75) is 45.4 Å². The van der Waals surface area contributed by atoms with Gasteiger partial charge in [0, 0.05) is 11.0 Å². The first-order chi connectivity index (χ1) is 13.6. The van der Waals surface area contributed by atoms with Gasteiger partial charge in [-0.3, -0.25) is 9.59 Å². The van der Waals surface area contributed by atoms with Crippen molar-refractivity contribution < 1.29 is 14.3 Å². The summed E-state index contributed by atoms with van der Waals surface area (Å²) in [5, 5.41) is 3.40. The van der Waals surface area contributed by atoms with E-state index in [4.69, 9.17) is 10.5 Å². The van der Waals surface area contributed by atoms with E-state index in [0.717, 1.165) is 60.3 Å². The summed E-state index contributed by atoms with van der Waals surface area (Å²) in [7, 11) is 0. The molecule has 0 radical (unpaired) electrons. The number of benzene rings is 1. The van der Waals surface area contributed by atoms with Gasteiger partial charge in [0.1, 0.15) is 10.8 Å². The highest BCUT2D eigenvalue weighted by Gasteiger charge is 2.24. The molecule has 0 unspecified atom stereocenters. The Bertz CT molecular complexity index is 869. The molecule has 3 rings (SSSR count). The van der Waals surface area contributed by atoms with Gasteiger partial charge in [0.15, 0.2) is 0 Å². The minimum absolute atomic E-state index is 0.274. The number of fused-ring (bicyclic) bond motifs is 1. The molecule has 5 nitrogen and oxygen atoms in total. The third-order valence-corrected chi connectivity index (χ3v) is 5.94. The van der Waals surface area contributed by atoms with E-state index in [-0.39, 0.29) is 5.91 Å². The molecule has 0 bridgehead atoms. The predicted molar refractivity (Wildman–Crippen MR) is 114 cm³/mol. The maximum Gasteiger partial charge on any atom is 0.251 e. The smallest absolute Gasteiger partial charge is 0.251 e. The monoisotopic (exact) mass is 398 g/mol. The number of carbonyl (C=O) groups is 2. The van der Waals surface area contributed by atoms with Crippen LogP contribution in [-0.2, 0) is 17.6 Å². The normalized spacial score (nSPS) is 13.3. The number of anilines is 1.